The Hall–Kier alpha value is -1.14. The summed E-state index contributed by atoms with van der Waals surface area (Å²) in [6.07, 6.45) is 2.10. The molecule has 20 heavy (non-hydrogen) atoms. The van der Waals surface area contributed by atoms with E-state index in [9.17, 15) is 9.59 Å². The van der Waals surface area contributed by atoms with Gasteiger partial charge in [0.05, 0.1) is 6.04 Å². The minimum absolute atomic E-state index is 0.0528. The van der Waals surface area contributed by atoms with Crippen molar-refractivity contribution >= 4 is 11.9 Å². The Morgan fingerprint density at radius 2 is 1.85 bits per heavy atom. The van der Waals surface area contributed by atoms with Crippen molar-refractivity contribution in [2.45, 2.75) is 51.6 Å². The van der Waals surface area contributed by atoms with E-state index in [1.165, 1.54) is 0 Å². The molecule has 6 nitrogen and oxygen atoms in total. The van der Waals surface area contributed by atoms with E-state index >= 15 is 0 Å². The van der Waals surface area contributed by atoms with Crippen molar-refractivity contribution in [3.8, 4) is 0 Å². The monoisotopic (exact) mass is 285 g/mol. The molecule has 0 aliphatic carbocycles. The van der Waals surface area contributed by atoms with Gasteiger partial charge in [0.25, 0.3) is 0 Å². The summed E-state index contributed by atoms with van der Waals surface area (Å²) in [5, 5.41) is 8.62. The number of likely N-dealkylation sites (tertiary alicyclic amines) is 1. The summed E-state index contributed by atoms with van der Waals surface area (Å²) in [5.74, 6) is -1.02. The van der Waals surface area contributed by atoms with Gasteiger partial charge in [-0.3, -0.25) is 9.59 Å². The molecule has 1 aliphatic rings. The Labute approximate surface area is 120 Å². The second kappa shape index (κ2) is 8.21. The Morgan fingerprint density at radius 1 is 1.30 bits per heavy atom. The number of hydrogen-bond acceptors (Lipinski definition) is 4. The van der Waals surface area contributed by atoms with Crippen LogP contribution in [0.2, 0.25) is 0 Å². The van der Waals surface area contributed by atoms with Crippen molar-refractivity contribution < 1.29 is 14.7 Å². The number of aliphatic carboxylic acids is 1. The van der Waals surface area contributed by atoms with E-state index in [0.717, 1.165) is 39.0 Å². The summed E-state index contributed by atoms with van der Waals surface area (Å²) in [6.45, 7) is 7.83. The Balaban J connectivity index is 2.40. The zero-order valence-corrected chi connectivity index (χ0v) is 12.5. The lowest BCUT2D eigenvalue weighted by Crippen LogP contribution is -2.51. The Morgan fingerprint density at radius 3 is 2.30 bits per heavy atom. The summed E-state index contributed by atoms with van der Waals surface area (Å²) in [6, 6.07) is -0.139. The molecule has 1 unspecified atom stereocenters. The van der Waals surface area contributed by atoms with Crippen molar-refractivity contribution in [3.63, 3.8) is 0 Å². The lowest BCUT2D eigenvalue weighted by atomic mass is 10.0. The molecule has 0 bridgehead atoms. The highest BCUT2D eigenvalue weighted by atomic mass is 16.4. The van der Waals surface area contributed by atoms with Gasteiger partial charge in [-0.1, -0.05) is 13.8 Å². The van der Waals surface area contributed by atoms with Gasteiger partial charge in [0.2, 0.25) is 5.91 Å². The van der Waals surface area contributed by atoms with Gasteiger partial charge in [0.1, 0.15) is 0 Å². The maximum Gasteiger partial charge on any atom is 0.303 e. The third-order valence-electron chi connectivity index (χ3n) is 4.09. The number of carbonyl (C=O) groups is 2. The van der Waals surface area contributed by atoms with Crippen molar-refractivity contribution in [2.75, 3.05) is 26.2 Å². The molecule has 1 rings (SSSR count). The fraction of sp³-hybridized carbons (Fsp3) is 0.857. The van der Waals surface area contributed by atoms with Crippen molar-refractivity contribution in [3.05, 3.63) is 0 Å². The molecule has 0 aromatic rings. The first-order valence-corrected chi connectivity index (χ1v) is 7.49. The molecule has 1 atom stereocenters. The van der Waals surface area contributed by atoms with Gasteiger partial charge in [-0.05, 0) is 32.4 Å². The van der Waals surface area contributed by atoms with Gasteiger partial charge in [-0.2, -0.15) is 0 Å². The summed E-state index contributed by atoms with van der Waals surface area (Å²) in [4.78, 5) is 26.8. The van der Waals surface area contributed by atoms with Crippen LogP contribution in [0, 0.1) is 0 Å². The molecule has 0 radical (unpaired) electrons. The third-order valence-corrected chi connectivity index (χ3v) is 4.09. The second-order valence-electron chi connectivity index (χ2n) is 5.32. The molecule has 0 aromatic heterocycles. The number of hydrogen-bond donors (Lipinski definition) is 2. The fourth-order valence-corrected chi connectivity index (χ4v) is 2.83. The first-order chi connectivity index (χ1) is 9.49. The number of carboxylic acids is 1. The van der Waals surface area contributed by atoms with Gasteiger partial charge < -0.3 is 20.6 Å². The van der Waals surface area contributed by atoms with E-state index in [-0.39, 0.29) is 18.7 Å². The number of piperidine rings is 1. The van der Waals surface area contributed by atoms with E-state index in [2.05, 4.69) is 18.7 Å². The van der Waals surface area contributed by atoms with Gasteiger partial charge in [0, 0.05) is 25.6 Å². The van der Waals surface area contributed by atoms with Crippen LogP contribution in [-0.2, 0) is 9.59 Å². The molecule has 3 N–H and O–H groups in total. The van der Waals surface area contributed by atoms with E-state index < -0.39 is 12.0 Å². The summed E-state index contributed by atoms with van der Waals surface area (Å²) >= 11 is 0. The summed E-state index contributed by atoms with van der Waals surface area (Å²) < 4.78 is 0. The highest BCUT2D eigenvalue weighted by molar-refractivity contribution is 5.82. The van der Waals surface area contributed by atoms with Crippen LogP contribution in [0.25, 0.3) is 0 Å². The zero-order valence-electron chi connectivity index (χ0n) is 12.5. The number of rotatable bonds is 7. The van der Waals surface area contributed by atoms with Crippen LogP contribution in [0.1, 0.15) is 39.5 Å². The fourth-order valence-electron chi connectivity index (χ4n) is 2.83. The number of nitrogens with two attached hydrogens (primary N) is 1. The first kappa shape index (κ1) is 16.9. The summed E-state index contributed by atoms with van der Waals surface area (Å²) in [7, 11) is 0. The summed E-state index contributed by atoms with van der Waals surface area (Å²) in [5.41, 5.74) is 5.78. The maximum absolute atomic E-state index is 12.1. The minimum Gasteiger partial charge on any atom is -0.481 e. The zero-order chi connectivity index (χ0) is 15.1. The molecule has 0 aromatic carbocycles. The Bertz CT molecular complexity index is 324. The van der Waals surface area contributed by atoms with E-state index in [1.807, 2.05) is 0 Å². The molecule has 1 saturated heterocycles. The molecule has 6 heteroatoms. The third kappa shape index (κ3) is 4.76. The van der Waals surface area contributed by atoms with Crippen LogP contribution in [0.15, 0.2) is 0 Å². The SMILES string of the molecule is CCN(CC)C1CCN(C(=O)C(N)CCC(=O)O)CC1. The quantitative estimate of drug-likeness (QED) is 0.712. The highest BCUT2D eigenvalue weighted by Crippen LogP contribution is 2.17. The smallest absolute Gasteiger partial charge is 0.303 e. The standard InChI is InChI=1S/C14H27N3O3/c1-3-16(4-2)11-7-9-17(10-8-11)14(20)12(15)5-6-13(18)19/h11-12H,3-10,15H2,1-2H3,(H,18,19). The predicted octanol–water partition coefficient (Wildman–Crippen LogP) is 0.511. The Kier molecular flexibility index (Phi) is 6.95. The van der Waals surface area contributed by atoms with Crippen LogP contribution in [0.5, 0.6) is 0 Å². The molecule has 1 aliphatic heterocycles. The molecular formula is C14H27N3O3. The number of carboxylic acid groups (broad SMARTS) is 1. The molecule has 116 valence electrons. The van der Waals surface area contributed by atoms with E-state index in [4.69, 9.17) is 10.8 Å². The van der Waals surface area contributed by atoms with Crippen LogP contribution in [-0.4, -0.2) is 65.0 Å². The van der Waals surface area contributed by atoms with Crippen LogP contribution in [0.4, 0.5) is 0 Å². The average Bonchev–Trinajstić information content (AvgIpc) is 2.46. The number of amides is 1. The van der Waals surface area contributed by atoms with Crippen LogP contribution < -0.4 is 5.73 Å². The largest absolute Gasteiger partial charge is 0.481 e. The molecule has 1 amide bonds. The number of nitrogens with zero attached hydrogens (tertiary/aromatic N) is 2. The van der Waals surface area contributed by atoms with E-state index in [0.29, 0.717) is 6.04 Å². The topological polar surface area (TPSA) is 86.9 Å². The van der Waals surface area contributed by atoms with Gasteiger partial charge in [-0.25, -0.2) is 0 Å². The predicted molar refractivity (Wildman–Crippen MR) is 77.4 cm³/mol. The lowest BCUT2D eigenvalue weighted by molar-refractivity contribution is -0.138. The molecule has 0 spiro atoms. The lowest BCUT2D eigenvalue weighted by Gasteiger charge is -2.38. The van der Waals surface area contributed by atoms with Gasteiger partial charge in [-0.15, -0.1) is 0 Å². The first-order valence-electron chi connectivity index (χ1n) is 7.49. The average molecular weight is 285 g/mol. The number of carbonyl (C=O) groups excluding carboxylic acids is 1. The normalized spacial score (nSPS) is 18.3. The maximum atomic E-state index is 12.1. The molecular weight excluding hydrogens is 258 g/mol. The van der Waals surface area contributed by atoms with Crippen molar-refractivity contribution in [1.29, 1.82) is 0 Å². The minimum atomic E-state index is -0.909. The second-order valence-corrected chi connectivity index (χ2v) is 5.32. The van der Waals surface area contributed by atoms with Crippen LogP contribution >= 0.6 is 0 Å². The van der Waals surface area contributed by atoms with Crippen molar-refractivity contribution in [1.82, 2.24) is 9.80 Å². The molecule has 1 fully saturated rings. The molecule has 1 heterocycles. The van der Waals surface area contributed by atoms with Gasteiger partial charge >= 0.3 is 5.97 Å². The van der Waals surface area contributed by atoms with Crippen LogP contribution in [0.3, 0.4) is 0 Å². The van der Waals surface area contributed by atoms with Gasteiger partial charge in [0.15, 0.2) is 0 Å². The molecule has 0 saturated carbocycles. The highest BCUT2D eigenvalue weighted by Gasteiger charge is 2.28. The van der Waals surface area contributed by atoms with Crippen molar-refractivity contribution in [2.24, 2.45) is 5.73 Å². The van der Waals surface area contributed by atoms with E-state index in [1.54, 1.807) is 4.90 Å².